The topological polar surface area (TPSA) is 34.9 Å². The Balaban J connectivity index is 1.63. The maximum atomic E-state index is 14.3. The van der Waals surface area contributed by atoms with Crippen molar-refractivity contribution in [3.8, 4) is 11.1 Å². The molecule has 6 heteroatoms. The van der Waals surface area contributed by atoms with Gasteiger partial charge in [0.15, 0.2) is 5.78 Å². The van der Waals surface area contributed by atoms with E-state index >= 15 is 0 Å². The van der Waals surface area contributed by atoms with Crippen molar-refractivity contribution in [1.29, 1.82) is 0 Å². The van der Waals surface area contributed by atoms with Crippen molar-refractivity contribution in [2.24, 2.45) is 11.8 Å². The summed E-state index contributed by atoms with van der Waals surface area (Å²) in [6.45, 7) is 4.51. The molecule has 4 rings (SSSR count). The number of fused-ring (bicyclic) bond motifs is 1. The van der Waals surface area contributed by atoms with Crippen molar-refractivity contribution in [3.05, 3.63) is 54.4 Å². The lowest BCUT2D eigenvalue weighted by atomic mass is 9.93. The summed E-state index contributed by atoms with van der Waals surface area (Å²) in [7, 11) is 0. The Morgan fingerprint density at radius 3 is 2.67 bits per heavy atom. The van der Waals surface area contributed by atoms with Crippen molar-refractivity contribution in [3.63, 3.8) is 0 Å². The first-order valence-electron chi connectivity index (χ1n) is 10.2. The SMILES string of the molecule is CC1CC(C)(F)CC1C(=O)Cn1ccc2ncc(-c3cccc(C(C)(F)F)c3)cc21. The second-order valence-corrected chi connectivity index (χ2v) is 8.91. The van der Waals surface area contributed by atoms with E-state index in [1.807, 2.05) is 23.6 Å². The summed E-state index contributed by atoms with van der Waals surface area (Å²) in [5, 5.41) is 0. The highest BCUT2D eigenvalue weighted by atomic mass is 19.3. The lowest BCUT2D eigenvalue weighted by Gasteiger charge is -2.15. The fourth-order valence-electron chi connectivity index (χ4n) is 4.60. The number of carbonyl (C=O) groups excluding carboxylic acids is 1. The summed E-state index contributed by atoms with van der Waals surface area (Å²) < 4.78 is 43.6. The van der Waals surface area contributed by atoms with Gasteiger partial charge < -0.3 is 4.57 Å². The number of ketones is 1. The van der Waals surface area contributed by atoms with Crippen molar-refractivity contribution in [1.82, 2.24) is 9.55 Å². The van der Waals surface area contributed by atoms with Gasteiger partial charge in [-0.15, -0.1) is 0 Å². The summed E-state index contributed by atoms with van der Waals surface area (Å²) in [5.41, 5.74) is 1.46. The fourth-order valence-corrected chi connectivity index (χ4v) is 4.60. The van der Waals surface area contributed by atoms with Crippen molar-refractivity contribution >= 4 is 16.8 Å². The molecule has 0 bridgehead atoms. The van der Waals surface area contributed by atoms with Crippen molar-refractivity contribution in [2.75, 3.05) is 0 Å². The van der Waals surface area contributed by atoms with Gasteiger partial charge in [-0.3, -0.25) is 9.78 Å². The molecule has 0 N–H and O–H groups in total. The summed E-state index contributed by atoms with van der Waals surface area (Å²) in [5.74, 6) is -3.19. The normalized spacial score (nSPS) is 24.5. The van der Waals surface area contributed by atoms with Crippen molar-refractivity contribution in [2.45, 2.75) is 51.7 Å². The summed E-state index contributed by atoms with van der Waals surface area (Å²) >= 11 is 0. The second-order valence-electron chi connectivity index (χ2n) is 8.91. The van der Waals surface area contributed by atoms with Crippen LogP contribution in [0.1, 0.15) is 39.2 Å². The Morgan fingerprint density at radius 2 is 2.00 bits per heavy atom. The number of Topliss-reactive ketones (excluding diaryl/α,β-unsaturated/α-hetero) is 1. The molecule has 0 saturated heterocycles. The van der Waals surface area contributed by atoms with E-state index in [9.17, 15) is 18.0 Å². The first kappa shape index (κ1) is 20.6. The van der Waals surface area contributed by atoms with Crippen molar-refractivity contribution < 1.29 is 18.0 Å². The molecule has 2 aromatic heterocycles. The Labute approximate surface area is 173 Å². The second kappa shape index (κ2) is 7.25. The van der Waals surface area contributed by atoms with Gasteiger partial charge in [-0.1, -0.05) is 25.1 Å². The zero-order valence-corrected chi connectivity index (χ0v) is 17.3. The molecule has 3 unspecified atom stereocenters. The third-order valence-corrected chi connectivity index (χ3v) is 6.14. The Morgan fingerprint density at radius 1 is 1.23 bits per heavy atom. The number of pyridine rings is 1. The molecule has 1 saturated carbocycles. The summed E-state index contributed by atoms with van der Waals surface area (Å²) in [6, 6.07) is 9.91. The number of nitrogens with zero attached hydrogens (tertiary/aromatic N) is 2. The molecule has 0 aliphatic heterocycles. The van der Waals surface area contributed by atoms with Crippen LogP contribution in [-0.4, -0.2) is 21.0 Å². The summed E-state index contributed by atoms with van der Waals surface area (Å²) in [4.78, 5) is 17.3. The number of alkyl halides is 3. The number of halogens is 3. The van der Waals surface area contributed by atoms with Crippen LogP contribution in [0, 0.1) is 11.8 Å². The molecule has 30 heavy (non-hydrogen) atoms. The minimum Gasteiger partial charge on any atom is -0.339 e. The van der Waals surface area contributed by atoms with E-state index in [0.717, 1.165) is 18.0 Å². The maximum Gasteiger partial charge on any atom is 0.270 e. The zero-order chi connectivity index (χ0) is 21.7. The van der Waals surface area contributed by atoms with E-state index in [-0.39, 0.29) is 36.1 Å². The van der Waals surface area contributed by atoms with E-state index < -0.39 is 11.6 Å². The third-order valence-electron chi connectivity index (χ3n) is 6.14. The van der Waals surface area contributed by atoms with Crippen LogP contribution in [0.25, 0.3) is 22.2 Å². The number of rotatable bonds is 5. The monoisotopic (exact) mass is 414 g/mol. The molecule has 0 radical (unpaired) electrons. The first-order chi connectivity index (χ1) is 14.0. The predicted molar refractivity (Wildman–Crippen MR) is 111 cm³/mol. The molecule has 0 spiro atoms. The smallest absolute Gasteiger partial charge is 0.270 e. The van der Waals surface area contributed by atoms with Crippen LogP contribution >= 0.6 is 0 Å². The predicted octanol–water partition coefficient (Wildman–Crippen LogP) is 6.16. The van der Waals surface area contributed by atoms with Gasteiger partial charge in [-0.05, 0) is 49.4 Å². The van der Waals surface area contributed by atoms with Crippen LogP contribution in [0.2, 0.25) is 0 Å². The highest BCUT2D eigenvalue weighted by Crippen LogP contribution is 2.42. The van der Waals surface area contributed by atoms with Crippen LogP contribution in [0.4, 0.5) is 13.2 Å². The average molecular weight is 414 g/mol. The minimum absolute atomic E-state index is 0.0133. The molecular weight excluding hydrogens is 389 g/mol. The molecule has 2 heterocycles. The first-order valence-corrected chi connectivity index (χ1v) is 10.2. The molecule has 3 atom stereocenters. The van der Waals surface area contributed by atoms with Gasteiger partial charge in [0.25, 0.3) is 5.92 Å². The minimum atomic E-state index is -2.93. The fraction of sp³-hybridized carbons (Fsp3) is 0.417. The molecule has 3 nitrogen and oxygen atoms in total. The highest BCUT2D eigenvalue weighted by molar-refractivity contribution is 5.86. The van der Waals surface area contributed by atoms with Crippen LogP contribution in [0.5, 0.6) is 0 Å². The number of aromatic nitrogens is 2. The van der Waals surface area contributed by atoms with Crippen LogP contribution in [0.15, 0.2) is 48.8 Å². The third kappa shape index (κ3) is 4.00. The Hall–Kier alpha value is -2.63. The van der Waals surface area contributed by atoms with Gasteiger partial charge in [0.2, 0.25) is 0 Å². The maximum absolute atomic E-state index is 14.3. The Bertz CT molecular complexity index is 1100. The van der Waals surface area contributed by atoms with Gasteiger partial charge in [-0.25, -0.2) is 13.2 Å². The highest BCUT2D eigenvalue weighted by Gasteiger charge is 2.43. The van der Waals surface area contributed by atoms with E-state index in [4.69, 9.17) is 0 Å². The summed E-state index contributed by atoms with van der Waals surface area (Å²) in [6.07, 6.45) is 4.10. The number of benzene rings is 1. The number of hydrogen-bond donors (Lipinski definition) is 0. The average Bonchev–Trinajstić information content (AvgIpc) is 3.20. The molecule has 1 aliphatic rings. The van der Waals surface area contributed by atoms with Gasteiger partial charge in [0.05, 0.1) is 17.6 Å². The number of carbonyl (C=O) groups is 1. The largest absolute Gasteiger partial charge is 0.339 e. The van der Waals surface area contributed by atoms with Crippen LogP contribution in [-0.2, 0) is 17.3 Å². The molecule has 0 amide bonds. The zero-order valence-electron chi connectivity index (χ0n) is 17.3. The number of hydrogen-bond acceptors (Lipinski definition) is 2. The van der Waals surface area contributed by atoms with Gasteiger partial charge in [-0.2, -0.15) is 0 Å². The van der Waals surface area contributed by atoms with Crippen LogP contribution < -0.4 is 0 Å². The standard InChI is InChI=1S/C24H25F3N2O/c1-15-11-23(2,25)12-19(15)22(30)14-29-8-7-20-21(29)10-17(13-28-20)16-5-4-6-18(9-16)24(3,26)27/h4-10,13,15,19H,11-12,14H2,1-3H3. The van der Waals surface area contributed by atoms with E-state index in [1.165, 1.54) is 12.1 Å². The van der Waals surface area contributed by atoms with E-state index in [2.05, 4.69) is 4.98 Å². The van der Waals surface area contributed by atoms with Gasteiger partial charge in [0.1, 0.15) is 5.67 Å². The lowest BCUT2D eigenvalue weighted by molar-refractivity contribution is -0.124. The lowest BCUT2D eigenvalue weighted by Crippen LogP contribution is -2.22. The molecule has 3 aromatic rings. The molecule has 158 valence electrons. The van der Waals surface area contributed by atoms with Crippen LogP contribution in [0.3, 0.4) is 0 Å². The molecular formula is C24H25F3N2O. The van der Waals surface area contributed by atoms with E-state index in [0.29, 0.717) is 17.5 Å². The van der Waals surface area contributed by atoms with E-state index in [1.54, 1.807) is 31.5 Å². The molecule has 1 aliphatic carbocycles. The van der Waals surface area contributed by atoms with Gasteiger partial charge >= 0.3 is 0 Å². The molecule has 1 aromatic carbocycles. The Kier molecular flexibility index (Phi) is 4.99. The van der Waals surface area contributed by atoms with Gasteiger partial charge in [0, 0.05) is 36.4 Å². The quantitative estimate of drug-likeness (QED) is 0.501. The molecule has 1 fully saturated rings.